The van der Waals surface area contributed by atoms with Crippen molar-refractivity contribution in [1.82, 2.24) is 14.9 Å². The molecule has 3 heterocycles. The second-order valence-electron chi connectivity index (χ2n) is 6.66. The van der Waals surface area contributed by atoms with E-state index in [1.807, 2.05) is 0 Å². The van der Waals surface area contributed by atoms with E-state index in [1.165, 1.54) is 38.4 Å². The van der Waals surface area contributed by atoms with Crippen molar-refractivity contribution < 1.29 is 17.6 Å². The van der Waals surface area contributed by atoms with Crippen LogP contribution in [0.2, 0.25) is 0 Å². The number of halogens is 3. The Morgan fingerprint density at radius 1 is 1.32 bits per heavy atom. The van der Waals surface area contributed by atoms with Crippen molar-refractivity contribution in [2.45, 2.75) is 32.4 Å². The zero-order chi connectivity index (χ0) is 20.1. The normalized spacial score (nSPS) is 15.9. The lowest BCUT2D eigenvalue weighted by atomic mass is 10.1. The molecule has 1 saturated heterocycles. The fourth-order valence-electron chi connectivity index (χ4n) is 3.23. The van der Waals surface area contributed by atoms with Crippen molar-refractivity contribution >= 4 is 11.9 Å². The zero-order valence-corrected chi connectivity index (χ0v) is 15.6. The number of aliphatic imine (C=N–C) groups is 1. The average Bonchev–Trinajstić information content (AvgIpc) is 3.30. The van der Waals surface area contributed by atoms with E-state index in [9.17, 15) is 13.2 Å². The Kier molecular flexibility index (Phi) is 6.18. The van der Waals surface area contributed by atoms with E-state index in [0.717, 1.165) is 26.1 Å². The summed E-state index contributed by atoms with van der Waals surface area (Å²) in [5.41, 5.74) is 4.68. The topological polar surface area (TPSA) is 92.6 Å². The van der Waals surface area contributed by atoms with Gasteiger partial charge in [-0.25, -0.2) is 9.97 Å². The molecule has 0 aromatic carbocycles. The summed E-state index contributed by atoms with van der Waals surface area (Å²) in [7, 11) is 0. The highest BCUT2D eigenvalue weighted by Gasteiger charge is 2.38. The maximum absolute atomic E-state index is 13.4. The number of nitrogens with one attached hydrogen (secondary N) is 1. The SMILES string of the molecule is Cc1nc(NC(N)=NCCCN2CCCC2)nc(-c2ccoc2)c1C(F)(F)F. The maximum atomic E-state index is 13.4. The largest absolute Gasteiger partial charge is 0.472 e. The summed E-state index contributed by atoms with van der Waals surface area (Å²) in [5, 5.41) is 2.69. The number of aryl methyl sites for hydroxylation is 1. The van der Waals surface area contributed by atoms with E-state index in [4.69, 9.17) is 10.2 Å². The standard InChI is InChI=1S/C18H23F3N6O/c1-12-14(18(19,20)21)15(13-5-10-28-11-13)25-17(24-12)26-16(22)23-6-4-9-27-7-2-3-8-27/h5,10-11H,2-4,6-9H2,1H3,(H3,22,23,24,25,26). The van der Waals surface area contributed by atoms with Crippen LogP contribution in [0.15, 0.2) is 28.0 Å². The van der Waals surface area contributed by atoms with Gasteiger partial charge in [0.05, 0.1) is 23.9 Å². The van der Waals surface area contributed by atoms with Gasteiger partial charge in [-0.15, -0.1) is 0 Å². The number of nitrogens with zero attached hydrogens (tertiary/aromatic N) is 4. The van der Waals surface area contributed by atoms with Crippen molar-refractivity contribution in [3.8, 4) is 11.3 Å². The molecule has 1 fully saturated rings. The number of hydrogen-bond donors (Lipinski definition) is 2. The van der Waals surface area contributed by atoms with Gasteiger partial charge in [-0.2, -0.15) is 13.2 Å². The van der Waals surface area contributed by atoms with Crippen LogP contribution in [0.25, 0.3) is 11.3 Å². The van der Waals surface area contributed by atoms with E-state index in [0.29, 0.717) is 6.54 Å². The Hall–Kier alpha value is -2.62. The third-order valence-corrected chi connectivity index (χ3v) is 4.52. The van der Waals surface area contributed by atoms with Crippen LogP contribution in [0.4, 0.5) is 19.1 Å². The molecule has 3 N–H and O–H groups in total. The molecule has 0 aliphatic carbocycles. The number of aromatic nitrogens is 2. The molecule has 152 valence electrons. The molecule has 0 bridgehead atoms. The van der Waals surface area contributed by atoms with E-state index < -0.39 is 11.7 Å². The summed E-state index contributed by atoms with van der Waals surface area (Å²) in [4.78, 5) is 14.5. The molecule has 2 aromatic rings. The first kappa shape index (κ1) is 20.1. The van der Waals surface area contributed by atoms with Crippen LogP contribution in [0.3, 0.4) is 0 Å². The lowest BCUT2D eigenvalue weighted by Gasteiger charge is -2.15. The van der Waals surface area contributed by atoms with Crippen LogP contribution in [0.1, 0.15) is 30.5 Å². The predicted molar refractivity (Wildman–Crippen MR) is 99.9 cm³/mol. The monoisotopic (exact) mass is 396 g/mol. The molecule has 3 rings (SSSR count). The molecule has 28 heavy (non-hydrogen) atoms. The highest BCUT2D eigenvalue weighted by molar-refractivity contribution is 5.90. The fraction of sp³-hybridized carbons (Fsp3) is 0.500. The van der Waals surface area contributed by atoms with Crippen LogP contribution < -0.4 is 11.1 Å². The van der Waals surface area contributed by atoms with Crippen molar-refractivity contribution in [3.63, 3.8) is 0 Å². The van der Waals surface area contributed by atoms with Crippen LogP contribution in [-0.2, 0) is 6.18 Å². The van der Waals surface area contributed by atoms with Gasteiger partial charge in [-0.1, -0.05) is 0 Å². The number of anilines is 1. The number of likely N-dealkylation sites (tertiary alicyclic amines) is 1. The second-order valence-corrected chi connectivity index (χ2v) is 6.66. The second kappa shape index (κ2) is 8.59. The van der Waals surface area contributed by atoms with Crippen LogP contribution in [-0.4, -0.2) is 47.0 Å². The van der Waals surface area contributed by atoms with Gasteiger partial charge in [-0.3, -0.25) is 10.3 Å². The molecule has 0 spiro atoms. The molecular formula is C18H23F3N6O. The molecule has 2 aromatic heterocycles. The van der Waals surface area contributed by atoms with Gasteiger partial charge < -0.3 is 15.1 Å². The van der Waals surface area contributed by atoms with Crippen LogP contribution in [0, 0.1) is 6.92 Å². The predicted octanol–water partition coefficient (Wildman–Crippen LogP) is 3.28. The summed E-state index contributed by atoms with van der Waals surface area (Å²) < 4.78 is 45.2. The minimum absolute atomic E-state index is 0.0394. The number of alkyl halides is 3. The van der Waals surface area contributed by atoms with Gasteiger partial charge >= 0.3 is 6.18 Å². The number of nitrogens with two attached hydrogens (primary N) is 1. The van der Waals surface area contributed by atoms with E-state index >= 15 is 0 Å². The van der Waals surface area contributed by atoms with Gasteiger partial charge in [0.1, 0.15) is 5.56 Å². The summed E-state index contributed by atoms with van der Waals surface area (Å²) in [6, 6.07) is 1.41. The van der Waals surface area contributed by atoms with Gasteiger partial charge in [0, 0.05) is 12.1 Å². The smallest absolute Gasteiger partial charge is 0.420 e. The number of guanidine groups is 1. The molecule has 1 aliphatic heterocycles. The third-order valence-electron chi connectivity index (χ3n) is 4.52. The first-order valence-corrected chi connectivity index (χ1v) is 9.12. The summed E-state index contributed by atoms with van der Waals surface area (Å²) in [6.45, 7) is 4.99. The molecule has 0 atom stereocenters. The summed E-state index contributed by atoms with van der Waals surface area (Å²) in [6.07, 6.45) is 1.22. The molecule has 0 unspecified atom stereocenters. The van der Waals surface area contributed by atoms with Crippen molar-refractivity contribution in [2.75, 3.05) is 31.5 Å². The van der Waals surface area contributed by atoms with E-state index in [1.54, 1.807) is 0 Å². The minimum Gasteiger partial charge on any atom is -0.472 e. The fourth-order valence-corrected chi connectivity index (χ4v) is 3.23. The zero-order valence-electron chi connectivity index (χ0n) is 15.6. The molecule has 7 nitrogen and oxygen atoms in total. The van der Waals surface area contributed by atoms with Crippen molar-refractivity contribution in [3.05, 3.63) is 29.9 Å². The lowest BCUT2D eigenvalue weighted by molar-refractivity contribution is -0.138. The molecular weight excluding hydrogens is 373 g/mol. The Labute approximate surface area is 160 Å². The number of hydrogen-bond acceptors (Lipinski definition) is 5. The Morgan fingerprint density at radius 2 is 2.07 bits per heavy atom. The summed E-state index contributed by atoms with van der Waals surface area (Å²) in [5.74, 6) is 0.0289. The molecule has 1 aliphatic rings. The van der Waals surface area contributed by atoms with Gasteiger partial charge in [0.15, 0.2) is 5.96 Å². The Morgan fingerprint density at radius 3 is 2.71 bits per heavy atom. The minimum atomic E-state index is -4.59. The van der Waals surface area contributed by atoms with Gasteiger partial charge in [-0.05, 0) is 51.9 Å². The number of rotatable bonds is 6. The molecule has 0 amide bonds. The van der Waals surface area contributed by atoms with E-state index in [2.05, 4.69) is 25.2 Å². The Balaban J connectivity index is 1.72. The number of furan rings is 1. The summed E-state index contributed by atoms with van der Waals surface area (Å²) >= 11 is 0. The molecule has 0 radical (unpaired) electrons. The van der Waals surface area contributed by atoms with Crippen LogP contribution >= 0.6 is 0 Å². The van der Waals surface area contributed by atoms with E-state index in [-0.39, 0.29) is 28.9 Å². The van der Waals surface area contributed by atoms with Crippen molar-refractivity contribution in [1.29, 1.82) is 0 Å². The maximum Gasteiger partial charge on any atom is 0.420 e. The third kappa shape index (κ3) is 5.00. The highest BCUT2D eigenvalue weighted by atomic mass is 19.4. The van der Waals surface area contributed by atoms with Gasteiger partial charge in [0.25, 0.3) is 0 Å². The molecule has 10 heteroatoms. The first-order chi connectivity index (χ1) is 13.3. The average molecular weight is 396 g/mol. The van der Waals surface area contributed by atoms with Gasteiger partial charge in [0.2, 0.25) is 5.95 Å². The Bertz CT molecular complexity index is 813. The quantitative estimate of drug-likeness (QED) is 0.442. The van der Waals surface area contributed by atoms with Crippen LogP contribution in [0.5, 0.6) is 0 Å². The highest BCUT2D eigenvalue weighted by Crippen LogP contribution is 2.38. The first-order valence-electron chi connectivity index (χ1n) is 9.12. The van der Waals surface area contributed by atoms with Crippen molar-refractivity contribution in [2.24, 2.45) is 10.7 Å². The lowest BCUT2D eigenvalue weighted by Crippen LogP contribution is -2.26. The molecule has 0 saturated carbocycles.